The molecule has 1 heterocycles. The molecule has 0 saturated carbocycles. The van der Waals surface area contributed by atoms with Crippen molar-refractivity contribution in [1.29, 1.82) is 0 Å². The smallest absolute Gasteiger partial charge is 0.336 e. The van der Waals surface area contributed by atoms with Crippen molar-refractivity contribution >= 4 is 40.8 Å². The zero-order valence-corrected chi connectivity index (χ0v) is 24.7. The fourth-order valence-corrected chi connectivity index (χ4v) is 5.05. The third-order valence-electron chi connectivity index (χ3n) is 6.75. The molecule has 0 fully saturated rings. The van der Waals surface area contributed by atoms with E-state index < -0.39 is 61.5 Å². The molecule has 1 aliphatic heterocycles. The van der Waals surface area contributed by atoms with Crippen LogP contribution >= 0.6 is 0 Å². The maximum atomic E-state index is 13.1. The molecule has 0 bridgehead atoms. The van der Waals surface area contributed by atoms with Crippen LogP contribution < -0.4 is 5.43 Å². The summed E-state index contributed by atoms with van der Waals surface area (Å²) in [5.41, 5.74) is -0.109. The van der Waals surface area contributed by atoms with Crippen LogP contribution in [0.25, 0.3) is 33.4 Å². The van der Waals surface area contributed by atoms with Gasteiger partial charge in [0.15, 0.2) is 5.43 Å². The van der Waals surface area contributed by atoms with Gasteiger partial charge in [-0.05, 0) is 23.8 Å². The van der Waals surface area contributed by atoms with E-state index in [1.165, 1.54) is 36.4 Å². The van der Waals surface area contributed by atoms with Gasteiger partial charge in [-0.2, -0.15) is 0 Å². The molecule has 2 aliphatic rings. The molecule has 15 nitrogen and oxygen atoms in total. The molecule has 2 aromatic rings. The summed E-state index contributed by atoms with van der Waals surface area (Å²) in [6.45, 7) is -3.42. The second-order valence-corrected chi connectivity index (χ2v) is 10.1. The van der Waals surface area contributed by atoms with Gasteiger partial charge in [-0.25, -0.2) is 4.79 Å². The van der Waals surface area contributed by atoms with E-state index in [-0.39, 0.29) is 85.7 Å². The van der Waals surface area contributed by atoms with Gasteiger partial charge in [0, 0.05) is 69.6 Å². The van der Waals surface area contributed by atoms with Crippen LogP contribution in [0.2, 0.25) is 0 Å². The van der Waals surface area contributed by atoms with Crippen molar-refractivity contribution in [2.45, 2.75) is 13.1 Å². The molecule has 46 heavy (non-hydrogen) atoms. The third kappa shape index (κ3) is 8.24. The molecule has 1 radical (unpaired) electrons. The summed E-state index contributed by atoms with van der Waals surface area (Å²) in [4.78, 5) is 72.8. The van der Waals surface area contributed by atoms with Crippen molar-refractivity contribution in [1.82, 2.24) is 9.80 Å². The van der Waals surface area contributed by atoms with Crippen LogP contribution in [0.1, 0.15) is 21.5 Å². The SMILES string of the molecule is O=C(O)CN(CC(=O)O)Cc1cc2c(-c3ccccc3C(=O)O)c3cc(CN(CC(=O)O)CC(=O)O)c(=O)cc-3oc2cc1O.[Co]. The van der Waals surface area contributed by atoms with Crippen molar-refractivity contribution < 1.29 is 75.8 Å². The summed E-state index contributed by atoms with van der Waals surface area (Å²) < 4.78 is 5.94. The Labute approximate surface area is 269 Å². The van der Waals surface area contributed by atoms with Crippen molar-refractivity contribution in [2.24, 2.45) is 0 Å². The number of aromatic carboxylic acids is 1. The van der Waals surface area contributed by atoms with Crippen LogP contribution in [0.15, 0.2) is 57.7 Å². The third-order valence-corrected chi connectivity index (χ3v) is 6.75. The number of carbonyl (C=O) groups is 5. The van der Waals surface area contributed by atoms with Crippen LogP contribution in [-0.4, -0.2) is 96.5 Å². The number of phenolic OH excluding ortho intramolecular Hbond substituents is 1. The number of nitrogens with zero attached hydrogens (tertiary/aromatic N) is 2. The minimum absolute atomic E-state index is 0. The van der Waals surface area contributed by atoms with Gasteiger partial charge in [0.25, 0.3) is 0 Å². The van der Waals surface area contributed by atoms with Gasteiger partial charge in [-0.15, -0.1) is 0 Å². The predicted octanol–water partition coefficient (Wildman–Crippen LogP) is 1.91. The van der Waals surface area contributed by atoms with Crippen molar-refractivity contribution in [3.05, 3.63) is 75.4 Å². The van der Waals surface area contributed by atoms with Crippen LogP contribution in [0.5, 0.6) is 5.75 Å². The van der Waals surface area contributed by atoms with Crippen LogP contribution in [0.4, 0.5) is 0 Å². The van der Waals surface area contributed by atoms with Crippen LogP contribution in [0, 0.1) is 0 Å². The number of carboxylic acid groups (broad SMARTS) is 5. The summed E-state index contributed by atoms with van der Waals surface area (Å²) >= 11 is 0. The van der Waals surface area contributed by atoms with Gasteiger partial charge < -0.3 is 35.1 Å². The summed E-state index contributed by atoms with van der Waals surface area (Å²) in [6, 6.07) is 10.9. The molecule has 0 saturated heterocycles. The van der Waals surface area contributed by atoms with E-state index in [2.05, 4.69) is 0 Å². The van der Waals surface area contributed by atoms with E-state index in [0.29, 0.717) is 0 Å². The maximum absolute atomic E-state index is 13.1. The fourth-order valence-electron chi connectivity index (χ4n) is 5.05. The van der Waals surface area contributed by atoms with Crippen molar-refractivity contribution in [3.8, 4) is 28.2 Å². The Bertz CT molecular complexity index is 1840. The van der Waals surface area contributed by atoms with Crippen LogP contribution in [-0.2, 0) is 49.0 Å². The zero-order chi connectivity index (χ0) is 33.0. The Morgan fingerprint density at radius 1 is 0.674 bits per heavy atom. The van der Waals surface area contributed by atoms with Gasteiger partial charge in [-0.3, -0.25) is 33.8 Å². The maximum Gasteiger partial charge on any atom is 0.336 e. The standard InChI is InChI=1S/C30H26N2O13.Co/c33-21-7-23-19(5-15(21)9-31(11-25(35)36)12-26(37)38)29(17-3-1-2-4-18(17)30(43)44)20-6-16(22(34)8-24(20)45-23)10-32(13-27(39)40)14-28(41)42;/h1-8,33H,9-14H2,(H,35,36)(H,37,38)(H,39,40)(H,41,42)(H,43,44);. The first-order chi connectivity index (χ1) is 21.2. The molecule has 0 amide bonds. The molecule has 0 spiro atoms. The van der Waals surface area contributed by atoms with Gasteiger partial charge in [0.05, 0.1) is 31.7 Å². The Morgan fingerprint density at radius 2 is 1.20 bits per heavy atom. The first-order valence-electron chi connectivity index (χ1n) is 13.1. The van der Waals surface area contributed by atoms with E-state index in [0.717, 1.165) is 15.9 Å². The topological polar surface area (TPSA) is 243 Å². The summed E-state index contributed by atoms with van der Waals surface area (Å²) in [5, 5.41) is 58.0. The molecule has 2 aromatic carbocycles. The first kappa shape index (κ1) is 35.2. The van der Waals surface area contributed by atoms with Gasteiger partial charge in [0.2, 0.25) is 0 Å². The van der Waals surface area contributed by atoms with E-state index in [9.17, 15) is 59.4 Å². The van der Waals surface area contributed by atoms with Crippen LogP contribution in [0.3, 0.4) is 0 Å². The number of hydrogen-bond acceptors (Lipinski definition) is 10. The van der Waals surface area contributed by atoms with E-state index in [4.69, 9.17) is 4.42 Å². The molecule has 243 valence electrons. The Morgan fingerprint density at radius 3 is 1.72 bits per heavy atom. The number of aromatic hydroxyl groups is 1. The minimum Gasteiger partial charge on any atom is -0.507 e. The fraction of sp³-hybridized carbons (Fsp3) is 0.200. The molecule has 4 rings (SSSR count). The predicted molar refractivity (Wildman–Crippen MR) is 154 cm³/mol. The van der Waals surface area contributed by atoms with E-state index >= 15 is 0 Å². The second kappa shape index (κ2) is 14.7. The average Bonchev–Trinajstić information content (AvgIpc) is 2.91. The van der Waals surface area contributed by atoms with E-state index in [1.807, 2.05) is 0 Å². The largest absolute Gasteiger partial charge is 0.507 e. The number of aliphatic carboxylic acids is 4. The molecule has 16 heteroatoms. The van der Waals surface area contributed by atoms with Crippen molar-refractivity contribution in [3.63, 3.8) is 0 Å². The number of phenols is 1. The van der Waals surface area contributed by atoms with Gasteiger partial charge in [0.1, 0.15) is 17.1 Å². The summed E-state index contributed by atoms with van der Waals surface area (Å²) in [6.07, 6.45) is 0. The Balaban J connectivity index is 0.00000576. The first-order valence-corrected chi connectivity index (χ1v) is 13.1. The van der Waals surface area contributed by atoms with Gasteiger partial charge in [-0.1, -0.05) is 18.2 Å². The number of rotatable bonds is 14. The molecule has 0 aromatic heterocycles. The normalized spacial score (nSPS) is 11.1. The number of benzene rings is 3. The van der Waals surface area contributed by atoms with Crippen molar-refractivity contribution in [2.75, 3.05) is 26.2 Å². The summed E-state index contributed by atoms with van der Waals surface area (Å²) in [5.74, 6) is -6.98. The molecule has 1 aliphatic carbocycles. The summed E-state index contributed by atoms with van der Waals surface area (Å²) in [7, 11) is 0. The van der Waals surface area contributed by atoms with E-state index in [1.54, 1.807) is 6.07 Å². The van der Waals surface area contributed by atoms with Gasteiger partial charge >= 0.3 is 29.8 Å². The minimum atomic E-state index is -1.33. The monoisotopic (exact) mass is 681 g/mol. The average molecular weight is 681 g/mol. The number of carboxylic acids is 5. The molecule has 0 atom stereocenters. The molecular formula is C30H26CoN2O13. The molecule has 0 unspecified atom stereocenters. The number of fused-ring (bicyclic) bond motifs is 2. The quantitative estimate of drug-likeness (QED) is 0.104. The zero-order valence-electron chi connectivity index (χ0n) is 23.6. The number of hydrogen-bond donors (Lipinski definition) is 6. The molecular weight excluding hydrogens is 655 g/mol. The molecule has 6 N–H and O–H groups in total. The second-order valence-electron chi connectivity index (χ2n) is 10.1. The Kier molecular flexibility index (Phi) is 11.2. The Hall–Kier alpha value is -5.29.